The summed E-state index contributed by atoms with van der Waals surface area (Å²) < 4.78 is 1.44. The highest BCUT2D eigenvalue weighted by atomic mass is 79.9. The van der Waals surface area contributed by atoms with Gasteiger partial charge in [-0.1, -0.05) is 67.2 Å². The molecule has 0 bridgehead atoms. The molecule has 0 heterocycles. The van der Waals surface area contributed by atoms with E-state index in [1.807, 2.05) is 48.5 Å². The standard InChI is InChI=1S/C30H10Br2Cl2O2/c31-17-5-8-20(34)26-16-10-12-2-4-14-24-15(25-19(33)7-6-18(32)28(25)30(14)36)9-11-1-3-13(29(35)27(17)26)23(16)21(11)22(12)24/h1-10H. The van der Waals surface area contributed by atoms with E-state index >= 15 is 0 Å². The van der Waals surface area contributed by atoms with Crippen molar-refractivity contribution in [1.29, 1.82) is 0 Å². The summed E-state index contributed by atoms with van der Waals surface area (Å²) in [5.41, 5.74) is -0.128. The van der Waals surface area contributed by atoms with Crippen LogP contribution in [0.5, 0.6) is 0 Å². The fourth-order valence-corrected chi connectivity index (χ4v) is 7.69. The van der Waals surface area contributed by atoms with Gasteiger partial charge in [0.05, 0.1) is 0 Å². The Hall–Kier alpha value is -2.76. The van der Waals surface area contributed by atoms with Crippen molar-refractivity contribution in [3.8, 4) is 0 Å². The third kappa shape index (κ3) is 2.39. The minimum atomic E-state index is -0.0641. The number of hydrogen-bond acceptors (Lipinski definition) is 2. The molecule has 8 aromatic rings. The maximum absolute atomic E-state index is 13.7. The molecule has 0 saturated carbocycles. The van der Waals surface area contributed by atoms with Crippen LogP contribution in [0.15, 0.2) is 79.2 Å². The van der Waals surface area contributed by atoms with Crippen LogP contribution < -0.4 is 10.9 Å². The van der Waals surface area contributed by atoms with Gasteiger partial charge in [0, 0.05) is 62.1 Å². The maximum atomic E-state index is 13.7. The number of halogens is 4. The van der Waals surface area contributed by atoms with Gasteiger partial charge >= 0.3 is 0 Å². The summed E-state index contributed by atoms with van der Waals surface area (Å²) in [5.74, 6) is 0. The Morgan fingerprint density at radius 2 is 0.861 bits per heavy atom. The molecule has 0 fully saturated rings. The van der Waals surface area contributed by atoms with Crippen LogP contribution >= 0.6 is 55.1 Å². The Kier molecular flexibility index (Phi) is 4.12. The van der Waals surface area contributed by atoms with Gasteiger partial charge in [-0.15, -0.1) is 0 Å². The van der Waals surface area contributed by atoms with Gasteiger partial charge in [0.15, 0.2) is 10.9 Å². The van der Waals surface area contributed by atoms with Gasteiger partial charge in [0.1, 0.15) is 0 Å². The summed E-state index contributed by atoms with van der Waals surface area (Å²) in [6.45, 7) is 0. The van der Waals surface area contributed by atoms with Crippen LogP contribution in [0.1, 0.15) is 0 Å². The number of fused-ring (bicyclic) bond motifs is 4. The van der Waals surface area contributed by atoms with Crippen molar-refractivity contribution < 1.29 is 0 Å². The van der Waals surface area contributed by atoms with E-state index in [-0.39, 0.29) is 10.9 Å². The Morgan fingerprint density at radius 1 is 0.444 bits per heavy atom. The van der Waals surface area contributed by atoms with E-state index in [1.54, 1.807) is 0 Å². The van der Waals surface area contributed by atoms with E-state index < -0.39 is 0 Å². The summed E-state index contributed by atoms with van der Waals surface area (Å²) in [4.78, 5) is 27.5. The molecule has 0 aliphatic rings. The summed E-state index contributed by atoms with van der Waals surface area (Å²) in [5, 5.41) is 12.5. The minimum Gasteiger partial charge on any atom is -0.289 e. The first-order valence-electron chi connectivity index (χ1n) is 11.2. The molecule has 0 aliphatic carbocycles. The molecule has 0 atom stereocenters. The molecule has 0 amide bonds. The van der Waals surface area contributed by atoms with E-state index in [2.05, 4.69) is 44.0 Å². The largest absolute Gasteiger partial charge is 0.289 e. The van der Waals surface area contributed by atoms with Gasteiger partial charge in [0.2, 0.25) is 0 Å². The van der Waals surface area contributed by atoms with Crippen molar-refractivity contribution in [3.63, 3.8) is 0 Å². The predicted molar refractivity (Wildman–Crippen MR) is 161 cm³/mol. The molecule has 0 aromatic heterocycles. The molecule has 0 unspecified atom stereocenters. The average molecular weight is 633 g/mol. The Balaban J connectivity index is 1.79. The van der Waals surface area contributed by atoms with Gasteiger partial charge < -0.3 is 0 Å². The highest BCUT2D eigenvalue weighted by Gasteiger charge is 2.24. The molecule has 170 valence electrons. The fourth-order valence-electron chi connectivity index (χ4n) is 6.15. The normalized spacial score (nSPS) is 12.7. The molecular formula is C30H10Br2Cl2O2. The molecule has 0 N–H and O–H groups in total. The second-order valence-corrected chi connectivity index (χ2v) is 11.8. The van der Waals surface area contributed by atoms with Crippen LogP contribution in [-0.2, 0) is 0 Å². The van der Waals surface area contributed by atoms with Gasteiger partial charge in [-0.05, 0) is 80.8 Å². The highest BCUT2D eigenvalue weighted by Crippen LogP contribution is 2.47. The van der Waals surface area contributed by atoms with E-state index in [9.17, 15) is 9.59 Å². The molecule has 0 saturated heterocycles. The summed E-state index contributed by atoms with van der Waals surface area (Å²) in [6, 6.07) is 19.2. The van der Waals surface area contributed by atoms with Crippen LogP contribution in [0.2, 0.25) is 10.0 Å². The van der Waals surface area contributed by atoms with Gasteiger partial charge in [-0.2, -0.15) is 0 Å². The molecule has 2 nitrogen and oxygen atoms in total. The lowest BCUT2D eigenvalue weighted by molar-refractivity contribution is 1.69. The molecule has 0 spiro atoms. The predicted octanol–water partition coefficient (Wildman–Crippen LogP) is 9.62. The second-order valence-electron chi connectivity index (χ2n) is 9.24. The molecule has 6 heteroatoms. The van der Waals surface area contributed by atoms with Crippen LogP contribution in [-0.4, -0.2) is 0 Å². The van der Waals surface area contributed by atoms with Crippen LogP contribution in [0.25, 0.3) is 75.4 Å². The lowest BCUT2D eigenvalue weighted by Crippen LogP contribution is -2.07. The van der Waals surface area contributed by atoms with Gasteiger partial charge in [-0.3, -0.25) is 9.59 Å². The first kappa shape index (κ1) is 21.3. The first-order valence-corrected chi connectivity index (χ1v) is 13.6. The molecular weight excluding hydrogens is 623 g/mol. The summed E-state index contributed by atoms with van der Waals surface area (Å²) in [6.07, 6.45) is 0. The smallest absolute Gasteiger partial charge is 0.195 e. The Bertz CT molecular complexity index is 2230. The molecule has 8 aromatic carbocycles. The van der Waals surface area contributed by atoms with Gasteiger partial charge in [0.25, 0.3) is 0 Å². The van der Waals surface area contributed by atoms with Gasteiger partial charge in [-0.25, -0.2) is 0 Å². The van der Waals surface area contributed by atoms with E-state index in [0.717, 1.165) is 62.8 Å². The molecule has 0 aliphatic heterocycles. The van der Waals surface area contributed by atoms with E-state index in [1.165, 1.54) is 0 Å². The van der Waals surface area contributed by atoms with Crippen molar-refractivity contribution in [2.45, 2.75) is 0 Å². The summed E-state index contributed by atoms with van der Waals surface area (Å²) in [7, 11) is 0. The van der Waals surface area contributed by atoms with E-state index in [4.69, 9.17) is 23.2 Å². The van der Waals surface area contributed by atoms with Crippen molar-refractivity contribution >= 4 is 130 Å². The maximum Gasteiger partial charge on any atom is 0.195 e. The second kappa shape index (κ2) is 6.96. The minimum absolute atomic E-state index is 0.0641. The van der Waals surface area contributed by atoms with Crippen molar-refractivity contribution in [2.75, 3.05) is 0 Å². The first-order chi connectivity index (χ1) is 17.4. The van der Waals surface area contributed by atoms with Crippen molar-refractivity contribution in [3.05, 3.63) is 100 Å². The molecule has 8 rings (SSSR count). The van der Waals surface area contributed by atoms with Crippen molar-refractivity contribution in [1.82, 2.24) is 0 Å². The SMILES string of the molecule is O=c1c2ccc3cc4c5c(Cl)ccc(Br)c5c(=O)c5ccc6cc(c7c(Cl)ccc(Br)c17)c2c3c6c54. The van der Waals surface area contributed by atoms with Crippen molar-refractivity contribution in [2.24, 2.45) is 0 Å². The summed E-state index contributed by atoms with van der Waals surface area (Å²) >= 11 is 20.6. The van der Waals surface area contributed by atoms with Crippen LogP contribution in [0, 0.1) is 0 Å². The zero-order valence-corrected chi connectivity index (χ0v) is 22.8. The number of benzene rings is 8. The van der Waals surface area contributed by atoms with E-state index in [0.29, 0.717) is 31.6 Å². The fraction of sp³-hybridized carbons (Fsp3) is 0. The Morgan fingerprint density at radius 3 is 1.28 bits per heavy atom. The monoisotopic (exact) mass is 630 g/mol. The lowest BCUT2D eigenvalue weighted by Gasteiger charge is -2.19. The highest BCUT2D eigenvalue weighted by molar-refractivity contribution is 9.11. The average Bonchev–Trinajstić information content (AvgIpc) is 2.87. The third-order valence-corrected chi connectivity index (χ3v) is 9.50. The zero-order chi connectivity index (χ0) is 24.6. The quantitative estimate of drug-likeness (QED) is 0.123. The number of rotatable bonds is 0. The van der Waals surface area contributed by atoms with Crippen LogP contribution in [0.4, 0.5) is 0 Å². The van der Waals surface area contributed by atoms with Crippen LogP contribution in [0.3, 0.4) is 0 Å². The third-order valence-electron chi connectivity index (χ3n) is 7.55. The molecule has 36 heavy (non-hydrogen) atoms. The Labute approximate surface area is 229 Å². The topological polar surface area (TPSA) is 34.1 Å². The number of hydrogen-bond donors (Lipinski definition) is 0. The lowest BCUT2D eigenvalue weighted by atomic mass is 9.84. The zero-order valence-electron chi connectivity index (χ0n) is 18.1. The molecule has 0 radical (unpaired) electrons.